The summed E-state index contributed by atoms with van der Waals surface area (Å²) in [5, 5.41) is 0. The minimum Gasteiger partial charge on any atom is -0.347 e. The molecule has 0 amide bonds. The van der Waals surface area contributed by atoms with Gasteiger partial charge in [0.15, 0.2) is 5.79 Å². The molecule has 2 aliphatic rings. The minimum absolute atomic E-state index is 0.272. The molecule has 64 valence electrons. The Morgan fingerprint density at radius 2 is 1.64 bits per heavy atom. The predicted molar refractivity (Wildman–Crippen MR) is 41.3 cm³/mol. The quantitative estimate of drug-likeness (QED) is 0.515. The van der Waals surface area contributed by atoms with Crippen LogP contribution in [0.15, 0.2) is 0 Å². The topological polar surface area (TPSA) is 21.7 Å². The van der Waals surface area contributed by atoms with Crippen LogP contribution in [0, 0.1) is 0 Å². The molecule has 3 nitrogen and oxygen atoms in total. The summed E-state index contributed by atoms with van der Waals surface area (Å²) in [5.74, 6) is -0.272. The van der Waals surface area contributed by atoms with Crippen molar-refractivity contribution < 1.29 is 9.47 Å². The Bertz CT molecular complexity index is 137. The van der Waals surface area contributed by atoms with E-state index in [0.29, 0.717) is 0 Å². The van der Waals surface area contributed by atoms with E-state index in [-0.39, 0.29) is 5.79 Å². The van der Waals surface area contributed by atoms with Gasteiger partial charge >= 0.3 is 0 Å². The lowest BCUT2D eigenvalue weighted by Gasteiger charge is -2.34. The molecule has 0 unspecified atom stereocenters. The van der Waals surface area contributed by atoms with Crippen LogP contribution in [0.1, 0.15) is 12.8 Å². The smallest absolute Gasteiger partial charge is 0.171 e. The third-order valence-electron chi connectivity index (χ3n) is 2.28. The van der Waals surface area contributed by atoms with E-state index < -0.39 is 0 Å². The standard InChI is InChI=1S/C7H12ClNO2/c8-9-3-1-7(2-4-9)10-5-6-11-7/h1-6H2. The Labute approximate surface area is 71.3 Å². The van der Waals surface area contributed by atoms with Gasteiger partial charge in [-0.25, -0.2) is 4.42 Å². The van der Waals surface area contributed by atoms with Crippen molar-refractivity contribution in [3.63, 3.8) is 0 Å². The van der Waals surface area contributed by atoms with Crippen molar-refractivity contribution >= 4 is 11.8 Å². The van der Waals surface area contributed by atoms with E-state index in [4.69, 9.17) is 21.3 Å². The molecule has 0 bridgehead atoms. The fraction of sp³-hybridized carbons (Fsp3) is 1.00. The van der Waals surface area contributed by atoms with Crippen LogP contribution >= 0.6 is 11.8 Å². The molecule has 11 heavy (non-hydrogen) atoms. The van der Waals surface area contributed by atoms with Gasteiger partial charge in [0.25, 0.3) is 0 Å². The van der Waals surface area contributed by atoms with Crippen LogP contribution in [-0.4, -0.2) is 36.5 Å². The summed E-state index contributed by atoms with van der Waals surface area (Å²) in [6.45, 7) is 3.20. The highest BCUT2D eigenvalue weighted by Crippen LogP contribution is 2.31. The summed E-state index contributed by atoms with van der Waals surface area (Å²) in [6, 6.07) is 0. The van der Waals surface area contributed by atoms with Crippen LogP contribution in [0.4, 0.5) is 0 Å². The van der Waals surface area contributed by atoms with Crippen LogP contribution in [0.3, 0.4) is 0 Å². The number of halogens is 1. The van der Waals surface area contributed by atoms with E-state index in [1.54, 1.807) is 4.42 Å². The van der Waals surface area contributed by atoms with Crippen LogP contribution in [0.2, 0.25) is 0 Å². The molecular weight excluding hydrogens is 166 g/mol. The Hall–Kier alpha value is 0.170. The van der Waals surface area contributed by atoms with Gasteiger partial charge in [0.2, 0.25) is 0 Å². The Morgan fingerprint density at radius 3 is 2.18 bits per heavy atom. The molecule has 0 N–H and O–H groups in total. The van der Waals surface area contributed by atoms with Gasteiger partial charge in [0.05, 0.1) is 13.2 Å². The molecule has 4 heteroatoms. The van der Waals surface area contributed by atoms with E-state index in [2.05, 4.69) is 0 Å². The number of hydrogen-bond acceptors (Lipinski definition) is 3. The molecule has 0 aromatic heterocycles. The normalized spacial score (nSPS) is 31.4. The molecule has 0 aliphatic carbocycles. The molecule has 2 saturated heterocycles. The molecule has 0 aromatic rings. The molecule has 2 aliphatic heterocycles. The fourth-order valence-electron chi connectivity index (χ4n) is 1.61. The molecule has 2 rings (SSSR count). The number of ether oxygens (including phenoxy) is 2. The van der Waals surface area contributed by atoms with Gasteiger partial charge in [0.1, 0.15) is 0 Å². The summed E-state index contributed by atoms with van der Waals surface area (Å²) >= 11 is 5.80. The lowest BCUT2D eigenvalue weighted by atomic mass is 10.1. The number of nitrogens with zero attached hydrogens (tertiary/aromatic N) is 1. The lowest BCUT2D eigenvalue weighted by Crippen LogP contribution is -2.41. The summed E-state index contributed by atoms with van der Waals surface area (Å²) in [4.78, 5) is 0. The average molecular weight is 178 g/mol. The molecule has 0 saturated carbocycles. The molecule has 1 spiro atoms. The Morgan fingerprint density at radius 1 is 1.09 bits per heavy atom. The summed E-state index contributed by atoms with van der Waals surface area (Å²) in [5.41, 5.74) is 0. The lowest BCUT2D eigenvalue weighted by molar-refractivity contribution is -0.179. The molecule has 0 radical (unpaired) electrons. The monoisotopic (exact) mass is 177 g/mol. The van der Waals surface area contributed by atoms with Gasteiger partial charge in [-0.05, 0) is 11.8 Å². The third kappa shape index (κ3) is 1.51. The molecule has 0 atom stereocenters. The first-order chi connectivity index (χ1) is 5.31. The molecule has 0 aromatic carbocycles. The average Bonchev–Trinajstić information content (AvgIpc) is 2.45. The zero-order chi connectivity index (χ0) is 7.73. The van der Waals surface area contributed by atoms with E-state index in [1.165, 1.54) is 0 Å². The van der Waals surface area contributed by atoms with Crippen LogP contribution in [0.5, 0.6) is 0 Å². The first-order valence-corrected chi connectivity index (χ1v) is 4.33. The van der Waals surface area contributed by atoms with Crippen molar-refractivity contribution in [3.8, 4) is 0 Å². The Balaban J connectivity index is 1.94. The van der Waals surface area contributed by atoms with E-state index >= 15 is 0 Å². The van der Waals surface area contributed by atoms with E-state index in [0.717, 1.165) is 39.1 Å². The van der Waals surface area contributed by atoms with Gasteiger partial charge < -0.3 is 9.47 Å². The Kier molecular flexibility index (Phi) is 2.06. The van der Waals surface area contributed by atoms with Crippen LogP contribution in [0.25, 0.3) is 0 Å². The van der Waals surface area contributed by atoms with Crippen LogP contribution in [-0.2, 0) is 9.47 Å². The maximum Gasteiger partial charge on any atom is 0.171 e. The summed E-state index contributed by atoms with van der Waals surface area (Å²) < 4.78 is 12.8. The van der Waals surface area contributed by atoms with Crippen molar-refractivity contribution in [3.05, 3.63) is 0 Å². The highest BCUT2D eigenvalue weighted by Gasteiger charge is 2.39. The van der Waals surface area contributed by atoms with Crippen molar-refractivity contribution in [2.75, 3.05) is 26.3 Å². The van der Waals surface area contributed by atoms with Gasteiger partial charge in [-0.3, -0.25) is 0 Å². The first-order valence-electron chi connectivity index (χ1n) is 3.99. The third-order valence-corrected chi connectivity index (χ3v) is 2.62. The second-order valence-electron chi connectivity index (χ2n) is 3.02. The zero-order valence-corrected chi connectivity index (χ0v) is 7.14. The maximum absolute atomic E-state index is 5.80. The van der Waals surface area contributed by atoms with E-state index in [9.17, 15) is 0 Å². The maximum atomic E-state index is 5.80. The predicted octanol–water partition coefficient (Wildman–Crippen LogP) is 0.979. The van der Waals surface area contributed by atoms with Crippen molar-refractivity contribution in [2.24, 2.45) is 0 Å². The van der Waals surface area contributed by atoms with Gasteiger partial charge in [-0.1, -0.05) is 0 Å². The van der Waals surface area contributed by atoms with Gasteiger partial charge in [-0.2, -0.15) is 0 Å². The minimum atomic E-state index is -0.272. The SMILES string of the molecule is ClN1CCC2(CC1)OCCO2. The van der Waals surface area contributed by atoms with Crippen LogP contribution < -0.4 is 0 Å². The van der Waals surface area contributed by atoms with Gasteiger partial charge in [0, 0.05) is 25.9 Å². The number of piperidine rings is 1. The molecule has 2 heterocycles. The van der Waals surface area contributed by atoms with Gasteiger partial charge in [-0.15, -0.1) is 0 Å². The van der Waals surface area contributed by atoms with E-state index in [1.807, 2.05) is 0 Å². The number of rotatable bonds is 0. The molecular formula is C7H12ClNO2. The molecule has 2 fully saturated rings. The largest absolute Gasteiger partial charge is 0.347 e. The van der Waals surface area contributed by atoms with Crippen molar-refractivity contribution in [1.29, 1.82) is 0 Å². The van der Waals surface area contributed by atoms with Crippen molar-refractivity contribution in [2.45, 2.75) is 18.6 Å². The second kappa shape index (κ2) is 2.90. The number of hydrogen-bond donors (Lipinski definition) is 0. The second-order valence-corrected chi connectivity index (χ2v) is 3.50. The fourth-order valence-corrected chi connectivity index (χ4v) is 1.77. The highest BCUT2D eigenvalue weighted by molar-refractivity contribution is 6.13. The summed E-state index contributed by atoms with van der Waals surface area (Å²) in [7, 11) is 0. The van der Waals surface area contributed by atoms with Crippen molar-refractivity contribution in [1.82, 2.24) is 4.42 Å². The highest BCUT2D eigenvalue weighted by atomic mass is 35.5. The zero-order valence-electron chi connectivity index (χ0n) is 6.38. The first kappa shape index (κ1) is 7.80. The summed E-state index contributed by atoms with van der Waals surface area (Å²) in [6.07, 6.45) is 1.80.